The van der Waals surface area contributed by atoms with Crippen LogP contribution in [0.1, 0.15) is 82.8 Å². The Morgan fingerprint density at radius 3 is 1.91 bits per heavy atom. The van der Waals surface area contributed by atoms with E-state index >= 15 is 0 Å². The third-order valence-electron chi connectivity index (χ3n) is 6.33. The van der Waals surface area contributed by atoms with E-state index < -0.39 is 0 Å². The highest BCUT2D eigenvalue weighted by molar-refractivity contribution is 5.26. The molecule has 0 heterocycles. The molecule has 2 saturated carbocycles. The van der Waals surface area contributed by atoms with Gasteiger partial charge in [0.25, 0.3) is 0 Å². The fraction of sp³-hybridized carbons (Fsp3) is 0.652. The van der Waals surface area contributed by atoms with Gasteiger partial charge in [0.15, 0.2) is 0 Å². The smallest absolute Gasteiger partial charge is 0.0100 e. The van der Waals surface area contributed by atoms with E-state index in [0.29, 0.717) is 0 Å². The Hall–Kier alpha value is -1.04. The van der Waals surface area contributed by atoms with E-state index in [0.717, 1.165) is 30.1 Å². The predicted octanol–water partition coefficient (Wildman–Crippen LogP) is 7.15. The third-order valence-corrected chi connectivity index (χ3v) is 6.33. The lowest BCUT2D eigenvalue weighted by Gasteiger charge is -2.37. The van der Waals surface area contributed by atoms with Crippen LogP contribution in [0.25, 0.3) is 0 Å². The minimum absolute atomic E-state index is 0. The molecule has 0 amide bonds. The Morgan fingerprint density at radius 1 is 0.870 bits per heavy atom. The van der Waals surface area contributed by atoms with Crippen LogP contribution < -0.4 is 0 Å². The molecule has 2 fully saturated rings. The first-order valence-corrected chi connectivity index (χ1v) is 9.46. The molecule has 0 aromatic heterocycles. The third kappa shape index (κ3) is 4.72. The van der Waals surface area contributed by atoms with Crippen molar-refractivity contribution < 1.29 is 0 Å². The van der Waals surface area contributed by atoms with Crippen molar-refractivity contribution in [2.75, 3.05) is 0 Å². The number of hydrogen-bond acceptors (Lipinski definition) is 0. The largest absolute Gasteiger partial charge is 0.103 e. The molecule has 0 radical (unpaired) electrons. The zero-order chi connectivity index (χ0) is 15.4. The molecule has 0 aliphatic heterocycles. The summed E-state index contributed by atoms with van der Waals surface area (Å²) in [6, 6.07) is 9.33. The Kier molecular flexibility index (Phi) is 6.93. The van der Waals surface area contributed by atoms with Crippen molar-refractivity contribution in [1.82, 2.24) is 0 Å². The lowest BCUT2D eigenvalue weighted by Crippen LogP contribution is -2.24. The maximum absolute atomic E-state index is 3.83. The van der Waals surface area contributed by atoms with Crippen molar-refractivity contribution in [2.45, 2.75) is 78.1 Å². The van der Waals surface area contributed by atoms with E-state index in [9.17, 15) is 0 Å². The first-order chi connectivity index (χ1) is 10.8. The zero-order valence-corrected chi connectivity index (χ0v) is 14.3. The van der Waals surface area contributed by atoms with Crippen LogP contribution in [0.3, 0.4) is 0 Å². The topological polar surface area (TPSA) is 0 Å². The van der Waals surface area contributed by atoms with E-state index in [4.69, 9.17) is 0 Å². The monoisotopic (exact) mass is 312 g/mol. The van der Waals surface area contributed by atoms with Crippen LogP contribution in [0, 0.1) is 17.8 Å². The summed E-state index contributed by atoms with van der Waals surface area (Å²) in [6.45, 7) is 6.26. The van der Waals surface area contributed by atoms with Crippen LogP contribution in [0.2, 0.25) is 0 Å². The average Bonchev–Trinajstić information content (AvgIpc) is 2.57. The molecule has 23 heavy (non-hydrogen) atoms. The van der Waals surface area contributed by atoms with Crippen molar-refractivity contribution in [3.05, 3.63) is 48.0 Å². The molecule has 0 nitrogen and oxygen atoms in total. The second kappa shape index (κ2) is 8.71. The van der Waals surface area contributed by atoms with Gasteiger partial charge in [-0.2, -0.15) is 0 Å². The Labute approximate surface area is 144 Å². The summed E-state index contributed by atoms with van der Waals surface area (Å²) >= 11 is 0. The minimum atomic E-state index is 0. The van der Waals surface area contributed by atoms with Gasteiger partial charge in [0.2, 0.25) is 0 Å². The fourth-order valence-corrected chi connectivity index (χ4v) is 4.77. The van der Waals surface area contributed by atoms with Crippen LogP contribution in [0.5, 0.6) is 0 Å². The predicted molar refractivity (Wildman–Crippen MR) is 103 cm³/mol. The summed E-state index contributed by atoms with van der Waals surface area (Å²) in [5.74, 6) is 3.88. The van der Waals surface area contributed by atoms with Gasteiger partial charge in [0.05, 0.1) is 0 Å². The molecule has 0 N–H and O–H groups in total. The van der Waals surface area contributed by atoms with E-state index in [-0.39, 0.29) is 7.43 Å². The van der Waals surface area contributed by atoms with Crippen LogP contribution in [0.15, 0.2) is 36.9 Å². The van der Waals surface area contributed by atoms with E-state index in [1.165, 1.54) is 56.9 Å². The minimum Gasteiger partial charge on any atom is -0.103 e. The highest BCUT2D eigenvalue weighted by atomic mass is 14.4. The van der Waals surface area contributed by atoms with Gasteiger partial charge in [-0.05, 0) is 79.7 Å². The lowest BCUT2D eigenvalue weighted by molar-refractivity contribution is 0.165. The number of rotatable bonds is 4. The maximum Gasteiger partial charge on any atom is -0.0100 e. The second-order valence-electron chi connectivity index (χ2n) is 7.87. The SMILES string of the molecule is C.C=CCc1ccc(C2CCC(C3CCC(C)CC3)CC2)cc1. The Balaban J connectivity index is 0.00000192. The Morgan fingerprint density at radius 2 is 1.39 bits per heavy atom. The normalized spacial score (nSPS) is 31.2. The molecule has 3 rings (SSSR count). The standard InChI is InChI=1S/C22H32.CH4/c1-3-4-18-7-11-20(12-8-18)22-15-13-21(14-16-22)19-9-5-17(2)6-10-19;/h3,7-8,11-12,17,19,21-22H,1,4-6,9-10,13-16H2,2H3;1H4. The average molecular weight is 313 g/mol. The van der Waals surface area contributed by atoms with Crippen LogP contribution in [-0.4, -0.2) is 0 Å². The fourth-order valence-electron chi connectivity index (χ4n) is 4.77. The van der Waals surface area contributed by atoms with Gasteiger partial charge in [-0.1, -0.05) is 57.5 Å². The van der Waals surface area contributed by atoms with Gasteiger partial charge in [-0.15, -0.1) is 6.58 Å². The summed E-state index contributed by atoms with van der Waals surface area (Å²) in [7, 11) is 0. The van der Waals surface area contributed by atoms with Crippen molar-refractivity contribution >= 4 is 0 Å². The molecule has 0 atom stereocenters. The molecule has 128 valence electrons. The highest BCUT2D eigenvalue weighted by Crippen LogP contribution is 2.43. The molecule has 0 spiro atoms. The van der Waals surface area contributed by atoms with Crippen LogP contribution >= 0.6 is 0 Å². The second-order valence-corrected chi connectivity index (χ2v) is 7.87. The molecule has 1 aromatic rings. The summed E-state index contributed by atoms with van der Waals surface area (Å²) in [6.07, 6.45) is 14.7. The lowest BCUT2D eigenvalue weighted by atomic mass is 9.68. The van der Waals surface area contributed by atoms with Crippen molar-refractivity contribution in [1.29, 1.82) is 0 Å². The molecule has 2 aliphatic carbocycles. The molecule has 2 aliphatic rings. The molecule has 0 saturated heterocycles. The van der Waals surface area contributed by atoms with Crippen molar-refractivity contribution in [3.8, 4) is 0 Å². The molecular formula is C23H36. The zero-order valence-electron chi connectivity index (χ0n) is 14.3. The molecule has 0 bridgehead atoms. The van der Waals surface area contributed by atoms with Gasteiger partial charge in [-0.3, -0.25) is 0 Å². The number of hydrogen-bond donors (Lipinski definition) is 0. The van der Waals surface area contributed by atoms with E-state index in [1.807, 2.05) is 6.08 Å². The maximum atomic E-state index is 3.83. The van der Waals surface area contributed by atoms with Crippen molar-refractivity contribution in [2.24, 2.45) is 17.8 Å². The van der Waals surface area contributed by atoms with Crippen LogP contribution in [0.4, 0.5) is 0 Å². The Bertz CT molecular complexity index is 453. The summed E-state index contributed by atoms with van der Waals surface area (Å²) in [4.78, 5) is 0. The van der Waals surface area contributed by atoms with Gasteiger partial charge >= 0.3 is 0 Å². The van der Waals surface area contributed by atoms with Gasteiger partial charge in [-0.25, -0.2) is 0 Å². The molecule has 1 aromatic carbocycles. The quantitative estimate of drug-likeness (QED) is 0.518. The van der Waals surface area contributed by atoms with Crippen molar-refractivity contribution in [3.63, 3.8) is 0 Å². The van der Waals surface area contributed by atoms with Crippen LogP contribution in [-0.2, 0) is 6.42 Å². The van der Waals surface area contributed by atoms with Gasteiger partial charge < -0.3 is 0 Å². The van der Waals surface area contributed by atoms with Gasteiger partial charge in [0, 0.05) is 0 Å². The van der Waals surface area contributed by atoms with Gasteiger partial charge in [0.1, 0.15) is 0 Å². The first kappa shape index (κ1) is 18.3. The molecule has 0 unspecified atom stereocenters. The van der Waals surface area contributed by atoms with E-state index in [1.54, 1.807) is 5.56 Å². The number of allylic oxidation sites excluding steroid dienone is 1. The summed E-state index contributed by atoms with van der Waals surface area (Å²) < 4.78 is 0. The summed E-state index contributed by atoms with van der Waals surface area (Å²) in [5.41, 5.74) is 2.97. The highest BCUT2D eigenvalue weighted by Gasteiger charge is 2.30. The molecular weight excluding hydrogens is 276 g/mol. The van der Waals surface area contributed by atoms with E-state index in [2.05, 4.69) is 37.8 Å². The molecule has 0 heteroatoms. The first-order valence-electron chi connectivity index (χ1n) is 9.46. The number of benzene rings is 1. The summed E-state index contributed by atoms with van der Waals surface area (Å²) in [5, 5.41) is 0.